The van der Waals surface area contributed by atoms with Gasteiger partial charge in [-0.05, 0) is 431 Å². The third-order valence-corrected chi connectivity index (χ3v) is 41.5. The Balaban J connectivity index is 0.000000171. The third kappa shape index (κ3) is 37.4. The summed E-state index contributed by atoms with van der Waals surface area (Å²) in [6.07, 6.45) is 113. The second-order valence-corrected chi connectivity index (χ2v) is 50.3. The Labute approximate surface area is 815 Å². The van der Waals surface area contributed by atoms with Gasteiger partial charge in [-0.3, -0.25) is 0 Å². The number of hydrogen-bond donors (Lipinski definition) is 0. The van der Waals surface area contributed by atoms with Gasteiger partial charge in [-0.1, -0.05) is 390 Å². The normalized spacial score (nSPS) is 43.9. The molecule has 0 unspecified atom stereocenters. The van der Waals surface area contributed by atoms with Gasteiger partial charge in [0.25, 0.3) is 0 Å². The van der Waals surface area contributed by atoms with Crippen LogP contribution in [0.25, 0.3) is 0 Å². The minimum absolute atomic E-state index is 0.800. The van der Waals surface area contributed by atoms with E-state index in [-0.39, 0.29) is 0 Å². The minimum Gasteiger partial charge on any atom is -0.0683 e. The monoisotopic (exact) mass is 1790 g/mol. The van der Waals surface area contributed by atoms with Gasteiger partial charge in [0, 0.05) is 0 Å². The topological polar surface area (TPSA) is 0 Å². The number of hydrogen-bond acceptors (Lipinski definition) is 0. The Morgan fingerprint density at radius 2 is 0.225 bits per heavy atom. The molecule has 36 aliphatic rings. The summed E-state index contributed by atoms with van der Waals surface area (Å²) in [6, 6.07) is 0. The van der Waals surface area contributed by atoms with Crippen LogP contribution >= 0.6 is 0 Å². The van der Waals surface area contributed by atoms with Crippen LogP contribution in [0.2, 0.25) is 0 Å². The highest BCUT2D eigenvalue weighted by Gasteiger charge is 2.50. The van der Waals surface area contributed by atoms with Gasteiger partial charge in [0.1, 0.15) is 0 Å². The Hall–Kier alpha value is 0. The highest BCUT2D eigenvalue weighted by molar-refractivity contribution is 5.01. The molecule has 0 saturated heterocycles. The van der Waals surface area contributed by atoms with Crippen molar-refractivity contribution in [3.8, 4) is 0 Å². The smallest absolute Gasteiger partial charge is 0.0318 e. The molecule has 760 valence electrons. The lowest BCUT2D eigenvalue weighted by Crippen LogP contribution is -2.44. The summed E-state index contributed by atoms with van der Waals surface area (Å²) >= 11 is 0. The summed E-state index contributed by atoms with van der Waals surface area (Å²) in [5.41, 5.74) is 0.800. The molecule has 36 rings (SSSR count). The van der Waals surface area contributed by atoms with Gasteiger partial charge in [-0.2, -0.15) is 0 Å². The van der Waals surface area contributed by atoms with Crippen LogP contribution in [0.4, 0.5) is 0 Å². The van der Waals surface area contributed by atoms with E-state index in [9.17, 15) is 0 Å². The van der Waals surface area contributed by atoms with E-state index < -0.39 is 0 Å². The largest absolute Gasteiger partial charge is 0.0683 e. The molecule has 36 fully saturated rings. The van der Waals surface area contributed by atoms with Crippen molar-refractivity contribution in [2.75, 3.05) is 0 Å². The summed E-state index contributed by atoms with van der Waals surface area (Å²) in [5.74, 6) is 39.5. The molecule has 36 saturated carbocycles. The minimum atomic E-state index is 0.800. The van der Waals surface area contributed by atoms with E-state index in [1.165, 1.54) is 140 Å². The van der Waals surface area contributed by atoms with Crippen molar-refractivity contribution in [2.24, 2.45) is 207 Å². The number of rotatable bonds is 0. The molecule has 0 amide bonds. The third-order valence-electron chi connectivity index (χ3n) is 41.5. The average Bonchev–Trinajstić information content (AvgIpc) is 1.73. The van der Waals surface area contributed by atoms with Crippen LogP contribution in [0.5, 0.6) is 0 Å². The molecule has 0 N–H and O–H groups in total. The highest BCUT2D eigenvalue weighted by Crippen LogP contribution is 2.62. The highest BCUT2D eigenvalue weighted by atomic mass is 14.6. The molecule has 0 aliphatic heterocycles. The van der Waals surface area contributed by atoms with E-state index in [0.717, 1.165) is 112 Å². The van der Waals surface area contributed by atoms with Gasteiger partial charge in [-0.25, -0.2) is 0 Å². The van der Waals surface area contributed by atoms with Crippen LogP contribution in [0.1, 0.15) is 615 Å². The maximum absolute atomic E-state index is 2.54. The molecular formula is C129H244. The zero-order valence-electron chi connectivity index (χ0n) is 93.0. The first-order chi connectivity index (χ1) is 63.4. The van der Waals surface area contributed by atoms with E-state index >= 15 is 0 Å². The van der Waals surface area contributed by atoms with Crippen LogP contribution in [-0.4, -0.2) is 0 Å². The second kappa shape index (κ2) is 63.7. The second-order valence-electron chi connectivity index (χ2n) is 50.3. The first-order valence-electron chi connectivity index (χ1n) is 63.4. The van der Waals surface area contributed by atoms with Crippen LogP contribution in [0.15, 0.2) is 0 Å². The standard InChI is InChI=1S/3C11H18.2C10H16.3C9H16.C8H14.3C7H12.10C2H6/c1-11-5-8-2-9(6-11)4-10(3-8)7-11;1-7-10-3-8-2-9(5-10)6-11(7)4-8;1-2-9-5-10-3-8(1)4-11(6-9)7-10;2*1-7-2-9-4-8(1)5-10(3-7)6-9;3*1-3-8-5-2-6-9(4-1)7-8;1-2-8-5-3-7(1)4-6-8;2*1-2-7-4-3-6(1)5-7;1-2-6-4-7(3-1)5-6;10*1-2/h8-10H,2-7H2,1H3;7-11H,2-6H2,1H3;8-11H,1-7H2;2*7-10H,1-6H2;3*8-9H,1-7H2;7-8H,1-6H2;3*6-7H,1-5H2;10*1-2H3. The molecule has 0 heterocycles. The van der Waals surface area contributed by atoms with Crippen LogP contribution in [0.3, 0.4) is 0 Å². The van der Waals surface area contributed by atoms with E-state index in [1.54, 1.807) is 417 Å². The maximum atomic E-state index is 2.54. The molecule has 0 aromatic carbocycles. The van der Waals surface area contributed by atoms with Crippen molar-refractivity contribution in [3.63, 3.8) is 0 Å². The summed E-state index contributed by atoms with van der Waals surface area (Å²) in [6.45, 7) is 45.0. The summed E-state index contributed by atoms with van der Waals surface area (Å²) in [4.78, 5) is 0. The van der Waals surface area contributed by atoms with Crippen LogP contribution in [0, 0.1) is 207 Å². The zero-order valence-corrected chi connectivity index (χ0v) is 93.0. The molecule has 0 nitrogen and oxygen atoms in total. The molecule has 0 radical (unpaired) electrons. The van der Waals surface area contributed by atoms with Gasteiger partial charge in [-0.15, -0.1) is 0 Å². The van der Waals surface area contributed by atoms with Crippen molar-refractivity contribution >= 4 is 0 Å². The van der Waals surface area contributed by atoms with Gasteiger partial charge in [0.15, 0.2) is 0 Å². The average molecular weight is 1800 g/mol. The quantitative estimate of drug-likeness (QED) is 0.227. The lowest BCUT2D eigenvalue weighted by atomic mass is 9.50. The van der Waals surface area contributed by atoms with E-state index in [0.29, 0.717) is 0 Å². The Morgan fingerprint density at radius 1 is 0.116 bits per heavy atom. The maximum Gasteiger partial charge on any atom is -0.0318 e. The van der Waals surface area contributed by atoms with E-state index in [4.69, 9.17) is 0 Å². The Bertz CT molecular complexity index is 2210. The summed E-state index contributed by atoms with van der Waals surface area (Å²) in [7, 11) is 0. The molecule has 36 aliphatic carbocycles. The van der Waals surface area contributed by atoms with Crippen molar-refractivity contribution in [3.05, 3.63) is 0 Å². The Kier molecular flexibility index (Phi) is 56.4. The molecule has 0 spiro atoms. The molecule has 0 aromatic rings. The van der Waals surface area contributed by atoms with Gasteiger partial charge in [0.05, 0.1) is 0 Å². The SMILES string of the molecule is C1C2CC3CC1CC(C2)C3.C1C2CC3CC1CC(C2)C3.C1CC2CC(C1)C2.C1CC2CC3CC1CC(C2)C3.C1CC2CCC1C2.C1CC2CCC1C2.C1CC2CCC1CC2.C1CC2CCCC(C1)C2.C1CC2CCCC(C1)C2.C1CC2CCCC(C1)C2.CC.CC.CC.CC.CC.CC.CC.CC.CC.CC.CC12CC3CC(CC(C3)C1)C2.CC1C2CC3CC(C2)CC1C3. The molecule has 0 aromatic heterocycles. The zero-order chi connectivity index (χ0) is 93.0. The lowest BCUT2D eigenvalue weighted by Gasteiger charge is -2.55. The van der Waals surface area contributed by atoms with Crippen molar-refractivity contribution in [2.45, 2.75) is 615 Å². The number of fused-ring (bicyclic) bond motifs is 16. The van der Waals surface area contributed by atoms with E-state index in [1.807, 2.05) is 138 Å². The van der Waals surface area contributed by atoms with Crippen molar-refractivity contribution < 1.29 is 0 Å². The fourth-order valence-corrected chi connectivity index (χ4v) is 37.3. The predicted octanol–water partition coefficient (Wildman–Crippen LogP) is 43.6. The van der Waals surface area contributed by atoms with Crippen LogP contribution < -0.4 is 0 Å². The molecule has 0 heteroatoms. The first-order valence-corrected chi connectivity index (χ1v) is 63.4. The fraction of sp³-hybridized carbons (Fsp3) is 1.00. The van der Waals surface area contributed by atoms with Gasteiger partial charge in [0.2, 0.25) is 0 Å². The lowest BCUT2D eigenvalue weighted by molar-refractivity contribution is -0.0411. The molecule has 34 bridgehead atoms. The van der Waals surface area contributed by atoms with Crippen molar-refractivity contribution in [1.82, 2.24) is 0 Å². The van der Waals surface area contributed by atoms with Gasteiger partial charge >= 0.3 is 0 Å². The Morgan fingerprint density at radius 3 is 0.364 bits per heavy atom. The summed E-state index contributed by atoms with van der Waals surface area (Å²) in [5, 5.41) is 0. The van der Waals surface area contributed by atoms with Crippen LogP contribution in [-0.2, 0) is 0 Å². The fourth-order valence-electron chi connectivity index (χ4n) is 37.3. The predicted molar refractivity (Wildman–Crippen MR) is 578 cm³/mol. The first kappa shape index (κ1) is 114. The molecule has 0 atom stereocenters. The van der Waals surface area contributed by atoms with E-state index in [2.05, 4.69) is 13.8 Å². The van der Waals surface area contributed by atoms with Gasteiger partial charge < -0.3 is 0 Å². The molecule has 129 heavy (non-hydrogen) atoms. The van der Waals surface area contributed by atoms with Crippen molar-refractivity contribution in [1.29, 1.82) is 0 Å². The summed E-state index contributed by atoms with van der Waals surface area (Å²) < 4.78 is 0. The molecular weight excluding hydrogens is 1550 g/mol.